The average Bonchev–Trinajstić information content (AvgIpc) is 2.78. The molecule has 0 radical (unpaired) electrons. The number of rotatable bonds is 8. The summed E-state index contributed by atoms with van der Waals surface area (Å²) in [5.74, 6) is 1.67. The molecule has 0 amide bonds. The third-order valence-electron chi connectivity index (χ3n) is 5.37. The van der Waals surface area contributed by atoms with Gasteiger partial charge in [0, 0.05) is 32.7 Å². The lowest BCUT2D eigenvalue weighted by atomic mass is 10.1. The van der Waals surface area contributed by atoms with E-state index in [9.17, 15) is 5.11 Å². The molecule has 2 aromatic carbocycles. The Labute approximate surface area is 203 Å². The predicted octanol–water partition coefficient (Wildman–Crippen LogP) is 3.53. The first-order chi connectivity index (χ1) is 14.7. The van der Waals surface area contributed by atoms with Crippen LogP contribution in [-0.2, 0) is 19.6 Å². The Kier molecular flexibility index (Phi) is 11.1. The van der Waals surface area contributed by atoms with Crippen LogP contribution in [0.4, 0.5) is 0 Å². The minimum absolute atomic E-state index is 0. The van der Waals surface area contributed by atoms with Crippen molar-refractivity contribution >= 4 is 29.9 Å². The fraction of sp³-hybridized carbons (Fsp3) is 0.458. The number of aliphatic imine (C=N–C) groups is 1. The molecule has 1 aliphatic rings. The monoisotopic (exact) mass is 538 g/mol. The number of nitrogens with zero attached hydrogens (tertiary/aromatic N) is 2. The number of hydrogen-bond donors (Lipinski definition) is 3. The van der Waals surface area contributed by atoms with E-state index in [1.807, 2.05) is 24.3 Å². The molecule has 0 bridgehead atoms. The first-order valence-corrected chi connectivity index (χ1v) is 10.8. The van der Waals surface area contributed by atoms with E-state index >= 15 is 0 Å². The van der Waals surface area contributed by atoms with Gasteiger partial charge in [0.2, 0.25) is 0 Å². The lowest BCUT2D eigenvalue weighted by Crippen LogP contribution is -2.36. The van der Waals surface area contributed by atoms with Crippen LogP contribution >= 0.6 is 24.0 Å². The summed E-state index contributed by atoms with van der Waals surface area (Å²) >= 11 is 0. The molecule has 0 saturated carbocycles. The summed E-state index contributed by atoms with van der Waals surface area (Å²) < 4.78 is 5.20. The van der Waals surface area contributed by atoms with Gasteiger partial charge >= 0.3 is 0 Å². The molecule has 0 unspecified atom stereocenters. The minimum atomic E-state index is -0.119. The average molecular weight is 538 g/mol. The molecular formula is C24H35IN4O2. The molecule has 1 heterocycles. The molecule has 3 rings (SSSR count). The van der Waals surface area contributed by atoms with Gasteiger partial charge in [-0.1, -0.05) is 36.4 Å². The summed E-state index contributed by atoms with van der Waals surface area (Å²) in [4.78, 5) is 7.09. The molecule has 2 aromatic rings. The van der Waals surface area contributed by atoms with E-state index < -0.39 is 0 Å². The van der Waals surface area contributed by atoms with Crippen molar-refractivity contribution in [2.75, 3.05) is 26.7 Å². The van der Waals surface area contributed by atoms with E-state index in [1.54, 1.807) is 7.11 Å². The number of piperidine rings is 1. The molecule has 0 aromatic heterocycles. The van der Waals surface area contributed by atoms with Crippen molar-refractivity contribution < 1.29 is 9.84 Å². The van der Waals surface area contributed by atoms with Crippen LogP contribution in [0, 0.1) is 0 Å². The Bertz CT molecular complexity index is 788. The minimum Gasteiger partial charge on any atom is -0.497 e. The number of likely N-dealkylation sites (tertiary alicyclic amines) is 1. The normalized spacial score (nSPS) is 15.3. The Hall–Kier alpha value is -1.84. The second-order valence-corrected chi connectivity index (χ2v) is 7.72. The van der Waals surface area contributed by atoms with Crippen LogP contribution in [0.5, 0.6) is 5.75 Å². The van der Waals surface area contributed by atoms with Gasteiger partial charge in [-0.25, -0.2) is 4.99 Å². The molecule has 1 saturated heterocycles. The summed E-state index contributed by atoms with van der Waals surface area (Å²) in [5, 5.41) is 16.4. The third-order valence-corrected chi connectivity index (χ3v) is 5.37. The van der Waals surface area contributed by atoms with E-state index in [0.29, 0.717) is 6.54 Å². The second-order valence-electron chi connectivity index (χ2n) is 7.72. The van der Waals surface area contributed by atoms with E-state index in [2.05, 4.69) is 51.7 Å². The standard InChI is InChI=1S/C24H34N4O2.HI/c1-3-25-24(27-17-20-8-10-23(30-2)11-9-20)26-16-19-4-6-21(7-5-19)18-28-14-12-22(29)13-15-28;/h4-11,22,29H,3,12-18H2,1-2H3,(H2,25,26,27);1H. The first-order valence-electron chi connectivity index (χ1n) is 10.8. The number of methoxy groups -OCH3 is 1. The molecule has 6 nitrogen and oxygen atoms in total. The van der Waals surface area contributed by atoms with Crippen molar-refractivity contribution in [2.45, 2.75) is 45.5 Å². The van der Waals surface area contributed by atoms with Gasteiger partial charge in [-0.2, -0.15) is 0 Å². The number of nitrogens with one attached hydrogen (secondary N) is 2. The smallest absolute Gasteiger partial charge is 0.191 e. The highest BCUT2D eigenvalue weighted by Crippen LogP contribution is 2.14. The predicted molar refractivity (Wildman–Crippen MR) is 137 cm³/mol. The van der Waals surface area contributed by atoms with Crippen molar-refractivity contribution in [2.24, 2.45) is 4.99 Å². The van der Waals surface area contributed by atoms with Crippen LogP contribution in [0.3, 0.4) is 0 Å². The third kappa shape index (κ3) is 8.66. The summed E-state index contributed by atoms with van der Waals surface area (Å²) in [6, 6.07) is 16.7. The van der Waals surface area contributed by atoms with Crippen molar-refractivity contribution in [3.8, 4) is 5.75 Å². The van der Waals surface area contributed by atoms with Crippen molar-refractivity contribution in [1.82, 2.24) is 15.5 Å². The van der Waals surface area contributed by atoms with Gasteiger partial charge in [-0.3, -0.25) is 4.90 Å². The SMILES string of the molecule is CCNC(=NCc1ccc(OC)cc1)NCc1ccc(CN2CCC(O)CC2)cc1.I. The molecule has 1 fully saturated rings. The summed E-state index contributed by atoms with van der Waals surface area (Å²) in [7, 11) is 1.67. The lowest BCUT2D eigenvalue weighted by Gasteiger charge is -2.29. The highest BCUT2D eigenvalue weighted by atomic mass is 127. The number of ether oxygens (including phenoxy) is 1. The maximum absolute atomic E-state index is 9.64. The molecule has 0 atom stereocenters. The van der Waals surface area contributed by atoms with Gasteiger partial charge in [0.1, 0.15) is 5.75 Å². The largest absolute Gasteiger partial charge is 0.497 e. The van der Waals surface area contributed by atoms with Crippen LogP contribution in [0.1, 0.15) is 36.5 Å². The molecule has 0 spiro atoms. The van der Waals surface area contributed by atoms with Crippen molar-refractivity contribution in [1.29, 1.82) is 0 Å². The van der Waals surface area contributed by atoms with Gasteiger partial charge in [0.25, 0.3) is 0 Å². The zero-order chi connectivity index (χ0) is 21.2. The van der Waals surface area contributed by atoms with Gasteiger partial charge < -0.3 is 20.5 Å². The molecule has 7 heteroatoms. The number of guanidine groups is 1. The zero-order valence-corrected chi connectivity index (χ0v) is 20.8. The first kappa shape index (κ1) is 25.4. The van der Waals surface area contributed by atoms with E-state index in [0.717, 1.165) is 62.8 Å². The van der Waals surface area contributed by atoms with Gasteiger partial charge in [-0.15, -0.1) is 24.0 Å². The Balaban J connectivity index is 0.00000341. The highest BCUT2D eigenvalue weighted by molar-refractivity contribution is 14.0. The second kappa shape index (κ2) is 13.5. The summed E-state index contributed by atoms with van der Waals surface area (Å²) in [6.07, 6.45) is 1.64. The highest BCUT2D eigenvalue weighted by Gasteiger charge is 2.16. The van der Waals surface area contributed by atoms with Crippen LogP contribution in [0.25, 0.3) is 0 Å². The number of halogens is 1. The van der Waals surface area contributed by atoms with E-state index in [-0.39, 0.29) is 30.1 Å². The molecular weight excluding hydrogens is 503 g/mol. The number of aliphatic hydroxyl groups excluding tert-OH is 1. The van der Waals surface area contributed by atoms with E-state index in [4.69, 9.17) is 4.74 Å². The Morgan fingerprint density at radius 2 is 1.61 bits per heavy atom. The Morgan fingerprint density at radius 1 is 1.00 bits per heavy atom. The molecule has 3 N–H and O–H groups in total. The van der Waals surface area contributed by atoms with Gasteiger partial charge in [0.15, 0.2) is 5.96 Å². The molecule has 0 aliphatic carbocycles. The van der Waals surface area contributed by atoms with Gasteiger partial charge in [0.05, 0.1) is 19.8 Å². The molecule has 170 valence electrons. The van der Waals surface area contributed by atoms with Gasteiger partial charge in [-0.05, 0) is 48.6 Å². The fourth-order valence-electron chi connectivity index (χ4n) is 3.53. The number of hydrogen-bond acceptors (Lipinski definition) is 4. The van der Waals surface area contributed by atoms with Crippen LogP contribution in [-0.4, -0.2) is 48.8 Å². The summed E-state index contributed by atoms with van der Waals surface area (Å²) in [6.45, 7) is 7.12. The van der Waals surface area contributed by atoms with Crippen LogP contribution < -0.4 is 15.4 Å². The summed E-state index contributed by atoms with van der Waals surface area (Å²) in [5.41, 5.74) is 3.68. The maximum Gasteiger partial charge on any atom is 0.191 e. The zero-order valence-electron chi connectivity index (χ0n) is 18.5. The Morgan fingerprint density at radius 3 is 2.23 bits per heavy atom. The maximum atomic E-state index is 9.64. The molecule has 1 aliphatic heterocycles. The number of aliphatic hydroxyl groups is 1. The number of benzene rings is 2. The van der Waals surface area contributed by atoms with Crippen LogP contribution in [0.2, 0.25) is 0 Å². The van der Waals surface area contributed by atoms with Crippen molar-refractivity contribution in [3.05, 3.63) is 65.2 Å². The fourth-order valence-corrected chi connectivity index (χ4v) is 3.53. The molecule has 31 heavy (non-hydrogen) atoms. The lowest BCUT2D eigenvalue weighted by molar-refractivity contribution is 0.0792. The topological polar surface area (TPSA) is 69.1 Å². The van der Waals surface area contributed by atoms with Crippen LogP contribution in [0.15, 0.2) is 53.5 Å². The van der Waals surface area contributed by atoms with Crippen molar-refractivity contribution in [3.63, 3.8) is 0 Å². The quantitative estimate of drug-likeness (QED) is 0.273. The van der Waals surface area contributed by atoms with E-state index in [1.165, 1.54) is 11.1 Å².